The van der Waals surface area contributed by atoms with Crippen LogP contribution in [0.5, 0.6) is 0 Å². The molecule has 5 heterocycles. The lowest BCUT2D eigenvalue weighted by Crippen LogP contribution is -2.60. The molecule has 1 atom stereocenters. The average molecular weight is 462 g/mol. The Morgan fingerprint density at radius 1 is 0.455 bits per heavy atom. The molecule has 3 spiro atoms. The van der Waals surface area contributed by atoms with Crippen LogP contribution in [0.25, 0.3) is 0 Å². The van der Waals surface area contributed by atoms with Crippen LogP contribution in [0.1, 0.15) is 58.3 Å². The number of hydrogen-bond donors (Lipinski definition) is 0. The van der Waals surface area contributed by atoms with Crippen molar-refractivity contribution in [2.24, 2.45) is 22.2 Å². The van der Waals surface area contributed by atoms with E-state index in [0.29, 0.717) is 10.8 Å². The van der Waals surface area contributed by atoms with Crippen LogP contribution in [0.3, 0.4) is 0 Å². The van der Waals surface area contributed by atoms with E-state index >= 15 is 0 Å². The van der Waals surface area contributed by atoms with Crippen molar-refractivity contribution in [2.75, 3.05) is 101 Å². The lowest BCUT2D eigenvalue weighted by atomic mass is 9.58. The molecule has 0 N–H and O–H groups in total. The smallest absolute Gasteiger partial charge is 0.00477 e. The summed E-state index contributed by atoms with van der Waals surface area (Å²) in [6.07, 6.45) is 11.6. The van der Waals surface area contributed by atoms with Gasteiger partial charge in [0.05, 0.1) is 0 Å². The third-order valence-corrected chi connectivity index (χ3v) is 9.93. The Morgan fingerprint density at radius 3 is 1.30 bits per heavy atom. The molecule has 192 valence electrons. The zero-order chi connectivity index (χ0) is 23.7. The molecule has 5 nitrogen and oxygen atoms in total. The van der Waals surface area contributed by atoms with Gasteiger partial charge in [-0.2, -0.15) is 0 Å². The van der Waals surface area contributed by atoms with Gasteiger partial charge in [-0.3, -0.25) is 0 Å². The second kappa shape index (κ2) is 10.4. The SMILES string of the molecule is CC1CC2(C1)CN(C)C2.CN1CCC2(CC1)CCN(C)C2.CN1CCCC2(CCN(C)C2)C1. The van der Waals surface area contributed by atoms with Crippen LogP contribution >= 0.6 is 0 Å². The van der Waals surface area contributed by atoms with Gasteiger partial charge in [-0.05, 0) is 141 Å². The van der Waals surface area contributed by atoms with E-state index in [-0.39, 0.29) is 0 Å². The molecular formula is C28H55N5. The Kier molecular flexibility index (Phi) is 8.17. The van der Waals surface area contributed by atoms with Crippen molar-refractivity contribution in [1.29, 1.82) is 0 Å². The summed E-state index contributed by atoms with van der Waals surface area (Å²) in [4.78, 5) is 12.4. The van der Waals surface area contributed by atoms with Gasteiger partial charge < -0.3 is 24.5 Å². The molecule has 6 fully saturated rings. The summed E-state index contributed by atoms with van der Waals surface area (Å²) in [5.41, 5.74) is 2.19. The monoisotopic (exact) mass is 461 g/mol. The number of likely N-dealkylation sites (tertiary alicyclic amines) is 5. The molecule has 1 unspecified atom stereocenters. The highest BCUT2D eigenvalue weighted by Gasteiger charge is 2.49. The molecule has 33 heavy (non-hydrogen) atoms. The highest BCUT2D eigenvalue weighted by atomic mass is 15.2. The van der Waals surface area contributed by atoms with Crippen LogP contribution in [-0.2, 0) is 0 Å². The van der Waals surface area contributed by atoms with Crippen molar-refractivity contribution >= 4 is 0 Å². The number of piperidine rings is 2. The van der Waals surface area contributed by atoms with E-state index in [9.17, 15) is 0 Å². The van der Waals surface area contributed by atoms with Crippen LogP contribution in [-0.4, -0.2) is 125 Å². The Morgan fingerprint density at radius 2 is 0.879 bits per heavy atom. The predicted octanol–water partition coefficient (Wildman–Crippen LogP) is 3.42. The maximum absolute atomic E-state index is 2.50. The third kappa shape index (κ3) is 6.52. The summed E-state index contributed by atoms with van der Waals surface area (Å²) in [7, 11) is 11.2. The van der Waals surface area contributed by atoms with Crippen LogP contribution in [0, 0.1) is 22.2 Å². The normalized spacial score (nSPS) is 35.1. The first kappa shape index (κ1) is 25.9. The van der Waals surface area contributed by atoms with Gasteiger partial charge in [-0.25, -0.2) is 0 Å². The van der Waals surface area contributed by atoms with Gasteiger partial charge in [-0.15, -0.1) is 0 Å². The van der Waals surface area contributed by atoms with E-state index in [1.807, 2.05) is 0 Å². The summed E-state index contributed by atoms with van der Waals surface area (Å²) in [6, 6.07) is 0. The van der Waals surface area contributed by atoms with Crippen molar-refractivity contribution in [3.8, 4) is 0 Å². The Hall–Kier alpha value is -0.200. The molecule has 1 aliphatic carbocycles. The Bertz CT molecular complexity index is 594. The minimum absolute atomic E-state index is 0.668. The summed E-state index contributed by atoms with van der Waals surface area (Å²) >= 11 is 0. The number of nitrogens with zero attached hydrogens (tertiary/aromatic N) is 5. The van der Waals surface area contributed by atoms with E-state index < -0.39 is 0 Å². The van der Waals surface area contributed by atoms with Gasteiger partial charge in [-0.1, -0.05) is 6.92 Å². The molecule has 0 bridgehead atoms. The lowest BCUT2D eigenvalue weighted by molar-refractivity contribution is -0.0758. The standard InChI is InChI=1S/2C10H20N2.C8H15N/c1-11-6-3-10(4-7-11)5-8-12(2)9-10;1-11-6-3-4-10(8-11)5-7-12(2)9-10;1-7-3-8(4-7)5-9(2)6-8/h2*3-9H2,1-2H3;7H,3-6H2,1-2H3. The van der Waals surface area contributed by atoms with Crippen molar-refractivity contribution in [3.63, 3.8) is 0 Å². The van der Waals surface area contributed by atoms with Gasteiger partial charge in [0.1, 0.15) is 0 Å². The molecule has 6 rings (SSSR count). The highest BCUT2D eigenvalue weighted by molar-refractivity contribution is 5.01. The Balaban J connectivity index is 0.000000119. The van der Waals surface area contributed by atoms with Gasteiger partial charge in [0.25, 0.3) is 0 Å². The van der Waals surface area contributed by atoms with Gasteiger partial charge in [0.15, 0.2) is 0 Å². The fraction of sp³-hybridized carbons (Fsp3) is 1.00. The largest absolute Gasteiger partial charge is 0.306 e. The summed E-state index contributed by atoms with van der Waals surface area (Å²) in [5.74, 6) is 1.03. The van der Waals surface area contributed by atoms with Crippen molar-refractivity contribution < 1.29 is 0 Å². The molecule has 0 radical (unpaired) electrons. The van der Waals surface area contributed by atoms with Crippen LogP contribution in [0.2, 0.25) is 0 Å². The second-order valence-electron chi connectivity index (χ2n) is 13.8. The molecule has 0 amide bonds. The summed E-state index contributed by atoms with van der Waals surface area (Å²) in [6.45, 7) is 15.7. The molecule has 5 saturated heterocycles. The fourth-order valence-corrected chi connectivity index (χ4v) is 8.38. The van der Waals surface area contributed by atoms with E-state index in [0.717, 1.165) is 11.3 Å². The molecule has 0 aromatic rings. The van der Waals surface area contributed by atoms with Gasteiger partial charge in [0, 0.05) is 32.7 Å². The molecular weight excluding hydrogens is 406 g/mol. The summed E-state index contributed by atoms with van der Waals surface area (Å²) in [5, 5.41) is 0. The molecule has 5 aliphatic heterocycles. The zero-order valence-electron chi connectivity index (χ0n) is 23.0. The third-order valence-electron chi connectivity index (χ3n) is 9.93. The van der Waals surface area contributed by atoms with E-state index in [1.54, 1.807) is 0 Å². The first-order valence-electron chi connectivity index (χ1n) is 14.0. The molecule has 0 aromatic carbocycles. The first-order valence-corrected chi connectivity index (χ1v) is 14.0. The van der Waals surface area contributed by atoms with Crippen molar-refractivity contribution in [1.82, 2.24) is 24.5 Å². The topological polar surface area (TPSA) is 16.2 Å². The number of rotatable bonds is 0. The lowest BCUT2D eigenvalue weighted by Gasteiger charge is -2.57. The van der Waals surface area contributed by atoms with Crippen LogP contribution in [0.4, 0.5) is 0 Å². The van der Waals surface area contributed by atoms with Gasteiger partial charge >= 0.3 is 0 Å². The quantitative estimate of drug-likeness (QED) is 0.548. The van der Waals surface area contributed by atoms with E-state index in [1.165, 1.54) is 117 Å². The molecule has 1 saturated carbocycles. The van der Waals surface area contributed by atoms with E-state index in [4.69, 9.17) is 0 Å². The number of hydrogen-bond acceptors (Lipinski definition) is 5. The predicted molar refractivity (Wildman–Crippen MR) is 141 cm³/mol. The molecule has 5 heteroatoms. The van der Waals surface area contributed by atoms with Crippen LogP contribution in [0.15, 0.2) is 0 Å². The first-order chi connectivity index (χ1) is 15.6. The van der Waals surface area contributed by atoms with E-state index in [2.05, 4.69) is 66.7 Å². The summed E-state index contributed by atoms with van der Waals surface area (Å²) < 4.78 is 0. The minimum atomic E-state index is 0.668. The Labute approximate surface area is 205 Å². The maximum atomic E-state index is 2.50. The minimum Gasteiger partial charge on any atom is -0.306 e. The van der Waals surface area contributed by atoms with Crippen molar-refractivity contribution in [3.05, 3.63) is 0 Å². The second-order valence-corrected chi connectivity index (χ2v) is 13.8. The van der Waals surface area contributed by atoms with Gasteiger partial charge in [0.2, 0.25) is 0 Å². The fourth-order valence-electron chi connectivity index (χ4n) is 8.38. The van der Waals surface area contributed by atoms with Crippen LogP contribution < -0.4 is 0 Å². The maximum Gasteiger partial charge on any atom is 0.00477 e. The zero-order valence-corrected chi connectivity index (χ0v) is 23.0. The molecule has 6 aliphatic rings. The van der Waals surface area contributed by atoms with Crippen molar-refractivity contribution in [2.45, 2.75) is 58.3 Å². The molecule has 0 aromatic heterocycles. The highest BCUT2D eigenvalue weighted by Crippen LogP contribution is 2.50. The average Bonchev–Trinajstić information content (AvgIpc) is 3.25.